The Morgan fingerprint density at radius 2 is 2.04 bits per heavy atom. The maximum Gasteiger partial charge on any atom is 0.223 e. The second-order valence-corrected chi connectivity index (χ2v) is 6.99. The van der Waals surface area contributed by atoms with Crippen molar-refractivity contribution in [2.75, 3.05) is 27.2 Å². The average Bonchev–Trinajstić information content (AvgIpc) is 2.57. The van der Waals surface area contributed by atoms with Crippen LogP contribution in [0.1, 0.15) is 37.7 Å². The van der Waals surface area contributed by atoms with Crippen molar-refractivity contribution < 1.29 is 9.53 Å². The zero-order valence-corrected chi connectivity index (χ0v) is 15.0. The molecule has 24 heavy (non-hydrogen) atoms. The minimum atomic E-state index is 0.0769. The number of carbonyl (C=O) groups is 1. The Balaban J connectivity index is 1.70. The van der Waals surface area contributed by atoms with Crippen LogP contribution in [0.4, 0.5) is 0 Å². The van der Waals surface area contributed by atoms with Gasteiger partial charge in [0.25, 0.3) is 0 Å². The van der Waals surface area contributed by atoms with Crippen molar-refractivity contribution in [1.29, 1.82) is 0 Å². The van der Waals surface area contributed by atoms with Gasteiger partial charge in [0.05, 0.1) is 6.61 Å². The van der Waals surface area contributed by atoms with Crippen LogP contribution >= 0.6 is 0 Å². The SMILES string of the molecule is CN(C)CCCOc1ccc(CNC(=O)C2CCCC(N)C2)cc1. The van der Waals surface area contributed by atoms with Crippen LogP contribution in [-0.2, 0) is 11.3 Å². The van der Waals surface area contributed by atoms with Crippen molar-refractivity contribution >= 4 is 5.91 Å². The Morgan fingerprint density at radius 3 is 2.71 bits per heavy atom. The Hall–Kier alpha value is -1.59. The molecule has 0 heterocycles. The Morgan fingerprint density at radius 1 is 1.29 bits per heavy atom. The third kappa shape index (κ3) is 6.49. The standard InChI is InChI=1S/C19H31N3O2/c1-22(2)11-4-12-24-18-9-7-15(8-10-18)14-21-19(23)16-5-3-6-17(20)13-16/h7-10,16-17H,3-6,11-14,20H2,1-2H3,(H,21,23). The van der Waals surface area contributed by atoms with E-state index in [1.807, 2.05) is 24.3 Å². The normalized spacial score (nSPS) is 20.8. The van der Waals surface area contributed by atoms with Crippen LogP contribution in [0, 0.1) is 5.92 Å². The van der Waals surface area contributed by atoms with E-state index in [1.54, 1.807) is 0 Å². The molecule has 0 spiro atoms. The number of hydrogen-bond acceptors (Lipinski definition) is 4. The zero-order valence-electron chi connectivity index (χ0n) is 15.0. The third-order valence-electron chi connectivity index (χ3n) is 4.49. The highest BCUT2D eigenvalue weighted by atomic mass is 16.5. The predicted molar refractivity (Wildman–Crippen MR) is 96.9 cm³/mol. The van der Waals surface area contributed by atoms with Crippen molar-refractivity contribution in [3.05, 3.63) is 29.8 Å². The molecular weight excluding hydrogens is 302 g/mol. The summed E-state index contributed by atoms with van der Waals surface area (Å²) in [7, 11) is 4.12. The number of amides is 1. The molecule has 134 valence electrons. The van der Waals surface area contributed by atoms with E-state index in [1.165, 1.54) is 0 Å². The number of ether oxygens (including phenoxy) is 1. The van der Waals surface area contributed by atoms with Gasteiger partial charge in [-0.15, -0.1) is 0 Å². The molecule has 3 N–H and O–H groups in total. The van der Waals surface area contributed by atoms with Crippen LogP contribution in [0.25, 0.3) is 0 Å². The van der Waals surface area contributed by atoms with Gasteiger partial charge in [-0.1, -0.05) is 18.6 Å². The van der Waals surface area contributed by atoms with Gasteiger partial charge in [-0.05, 0) is 57.5 Å². The highest BCUT2D eigenvalue weighted by Crippen LogP contribution is 2.23. The number of nitrogens with zero attached hydrogens (tertiary/aromatic N) is 1. The van der Waals surface area contributed by atoms with Crippen LogP contribution in [0.3, 0.4) is 0 Å². The van der Waals surface area contributed by atoms with E-state index in [4.69, 9.17) is 10.5 Å². The lowest BCUT2D eigenvalue weighted by atomic mass is 9.85. The predicted octanol–water partition coefficient (Wildman–Crippen LogP) is 2.15. The molecule has 0 saturated heterocycles. The molecule has 1 aromatic carbocycles. The maximum absolute atomic E-state index is 12.2. The molecule has 0 radical (unpaired) electrons. The number of hydrogen-bond donors (Lipinski definition) is 2. The largest absolute Gasteiger partial charge is 0.494 e. The number of nitrogens with one attached hydrogen (secondary N) is 1. The van der Waals surface area contributed by atoms with E-state index >= 15 is 0 Å². The minimum absolute atomic E-state index is 0.0769. The summed E-state index contributed by atoms with van der Waals surface area (Å²) in [4.78, 5) is 14.4. The third-order valence-corrected chi connectivity index (χ3v) is 4.49. The lowest BCUT2D eigenvalue weighted by molar-refractivity contribution is -0.126. The molecule has 5 heteroatoms. The molecular formula is C19H31N3O2. The van der Waals surface area contributed by atoms with Crippen molar-refractivity contribution in [3.63, 3.8) is 0 Å². The van der Waals surface area contributed by atoms with Gasteiger partial charge in [0.1, 0.15) is 5.75 Å². The summed E-state index contributed by atoms with van der Waals surface area (Å²) < 4.78 is 5.72. The lowest BCUT2D eigenvalue weighted by Crippen LogP contribution is -2.37. The van der Waals surface area contributed by atoms with Gasteiger partial charge in [-0.2, -0.15) is 0 Å². The van der Waals surface area contributed by atoms with Crippen LogP contribution in [0.15, 0.2) is 24.3 Å². The first-order valence-electron chi connectivity index (χ1n) is 8.94. The fourth-order valence-electron chi connectivity index (χ4n) is 3.07. The van der Waals surface area contributed by atoms with Gasteiger partial charge >= 0.3 is 0 Å². The highest BCUT2D eigenvalue weighted by Gasteiger charge is 2.24. The fraction of sp³-hybridized carbons (Fsp3) is 0.632. The van der Waals surface area contributed by atoms with Gasteiger partial charge in [0, 0.05) is 25.0 Å². The number of carbonyl (C=O) groups excluding carboxylic acids is 1. The van der Waals surface area contributed by atoms with Crippen molar-refractivity contribution in [3.8, 4) is 5.75 Å². The number of benzene rings is 1. The highest BCUT2D eigenvalue weighted by molar-refractivity contribution is 5.78. The Bertz CT molecular complexity index is 502. The topological polar surface area (TPSA) is 67.6 Å². The molecule has 1 aromatic rings. The van der Waals surface area contributed by atoms with Crippen LogP contribution in [0.2, 0.25) is 0 Å². The number of rotatable bonds is 8. The van der Waals surface area contributed by atoms with E-state index in [0.717, 1.165) is 56.6 Å². The molecule has 1 aliphatic rings. The molecule has 1 saturated carbocycles. The first-order valence-corrected chi connectivity index (χ1v) is 8.94. The molecule has 0 bridgehead atoms. The molecule has 1 fully saturated rings. The smallest absolute Gasteiger partial charge is 0.223 e. The summed E-state index contributed by atoms with van der Waals surface area (Å²) in [6.45, 7) is 2.30. The van der Waals surface area contributed by atoms with Crippen LogP contribution in [-0.4, -0.2) is 44.1 Å². The monoisotopic (exact) mass is 333 g/mol. The maximum atomic E-state index is 12.2. The van der Waals surface area contributed by atoms with Crippen LogP contribution < -0.4 is 15.8 Å². The molecule has 1 amide bonds. The summed E-state index contributed by atoms with van der Waals surface area (Å²) in [6.07, 6.45) is 4.87. The zero-order chi connectivity index (χ0) is 17.4. The van der Waals surface area contributed by atoms with Crippen molar-refractivity contribution in [2.24, 2.45) is 11.7 Å². The molecule has 2 atom stereocenters. The van der Waals surface area contributed by atoms with Crippen molar-refractivity contribution in [2.45, 2.75) is 44.7 Å². The second-order valence-electron chi connectivity index (χ2n) is 6.99. The molecule has 0 aromatic heterocycles. The quantitative estimate of drug-likeness (QED) is 0.715. The minimum Gasteiger partial charge on any atom is -0.494 e. The average molecular weight is 333 g/mol. The van der Waals surface area contributed by atoms with E-state index < -0.39 is 0 Å². The first-order chi connectivity index (χ1) is 11.5. The van der Waals surface area contributed by atoms with E-state index in [9.17, 15) is 4.79 Å². The Labute approximate surface area is 145 Å². The molecule has 5 nitrogen and oxygen atoms in total. The molecule has 2 rings (SSSR count). The molecule has 0 aliphatic heterocycles. The summed E-state index contributed by atoms with van der Waals surface area (Å²) in [6, 6.07) is 8.13. The molecule has 2 unspecified atom stereocenters. The van der Waals surface area contributed by atoms with Gasteiger partial charge in [-0.3, -0.25) is 4.79 Å². The summed E-state index contributed by atoms with van der Waals surface area (Å²) in [5.41, 5.74) is 7.04. The van der Waals surface area contributed by atoms with Gasteiger partial charge < -0.3 is 20.7 Å². The van der Waals surface area contributed by atoms with Crippen molar-refractivity contribution in [1.82, 2.24) is 10.2 Å². The van der Waals surface area contributed by atoms with E-state index in [2.05, 4.69) is 24.3 Å². The van der Waals surface area contributed by atoms with Gasteiger partial charge in [0.2, 0.25) is 5.91 Å². The summed E-state index contributed by atoms with van der Waals surface area (Å²) >= 11 is 0. The van der Waals surface area contributed by atoms with Crippen LogP contribution in [0.5, 0.6) is 5.75 Å². The first kappa shape index (κ1) is 18.7. The number of nitrogens with two attached hydrogens (primary N) is 1. The fourth-order valence-corrected chi connectivity index (χ4v) is 3.07. The van der Waals surface area contributed by atoms with Gasteiger partial charge in [-0.25, -0.2) is 0 Å². The van der Waals surface area contributed by atoms with E-state index in [-0.39, 0.29) is 17.9 Å². The van der Waals surface area contributed by atoms with E-state index in [0.29, 0.717) is 6.54 Å². The Kier molecular flexibility index (Phi) is 7.53. The van der Waals surface area contributed by atoms with Gasteiger partial charge in [0.15, 0.2) is 0 Å². The lowest BCUT2D eigenvalue weighted by Gasteiger charge is -2.25. The second kappa shape index (κ2) is 9.64. The summed E-state index contributed by atoms with van der Waals surface area (Å²) in [5.74, 6) is 1.09. The summed E-state index contributed by atoms with van der Waals surface area (Å²) in [5, 5.41) is 3.03. The molecule has 1 aliphatic carbocycles.